The number of rotatable bonds is 8. The molecule has 0 spiro atoms. The largest absolute Gasteiger partial charge is 0.348 e. The van der Waals surface area contributed by atoms with Crippen LogP contribution in [0.25, 0.3) is 0 Å². The molecule has 1 amide bonds. The molecule has 3 rings (SSSR count). The lowest BCUT2D eigenvalue weighted by molar-refractivity contribution is -0.0258. The molecular formula is C24H33N3O4S. The molecule has 1 heterocycles. The molecule has 1 aliphatic heterocycles. The van der Waals surface area contributed by atoms with Crippen LogP contribution in [0.5, 0.6) is 0 Å². The number of likely N-dealkylation sites (tertiary alicyclic amines) is 1. The highest BCUT2D eigenvalue weighted by molar-refractivity contribution is 7.89. The summed E-state index contributed by atoms with van der Waals surface area (Å²) in [4.78, 5) is 19.9. The van der Waals surface area contributed by atoms with Crippen molar-refractivity contribution in [1.82, 2.24) is 14.7 Å². The third-order valence-corrected chi connectivity index (χ3v) is 7.49. The molecule has 1 N–H and O–H groups in total. The number of nitrogens with one attached hydrogen (secondary N) is 1. The van der Waals surface area contributed by atoms with Crippen molar-refractivity contribution >= 4 is 15.9 Å². The third kappa shape index (κ3) is 6.16. The fourth-order valence-corrected chi connectivity index (χ4v) is 5.29. The predicted octanol–water partition coefficient (Wildman–Crippen LogP) is 3.28. The van der Waals surface area contributed by atoms with E-state index >= 15 is 0 Å². The van der Waals surface area contributed by atoms with E-state index in [0.717, 1.165) is 41.5 Å². The maximum absolute atomic E-state index is 12.6. The highest BCUT2D eigenvalue weighted by atomic mass is 32.2. The molecule has 0 radical (unpaired) electrons. The van der Waals surface area contributed by atoms with E-state index in [-0.39, 0.29) is 16.4 Å². The molecule has 2 unspecified atom stereocenters. The molecule has 2 aromatic carbocycles. The van der Waals surface area contributed by atoms with E-state index in [9.17, 15) is 13.2 Å². The Morgan fingerprint density at radius 3 is 2.34 bits per heavy atom. The summed E-state index contributed by atoms with van der Waals surface area (Å²) in [6, 6.07) is 14.2. The summed E-state index contributed by atoms with van der Waals surface area (Å²) in [5, 5.41) is 2.86. The van der Waals surface area contributed by atoms with Gasteiger partial charge in [0.05, 0.1) is 12.0 Å². The monoisotopic (exact) mass is 459 g/mol. The van der Waals surface area contributed by atoms with Gasteiger partial charge in [-0.25, -0.2) is 8.42 Å². The molecule has 2 aromatic rings. The Labute approximate surface area is 191 Å². The Bertz CT molecular complexity index is 1010. The highest BCUT2D eigenvalue weighted by Crippen LogP contribution is 2.22. The van der Waals surface area contributed by atoms with Gasteiger partial charge in [-0.1, -0.05) is 48.6 Å². The maximum Gasteiger partial charge on any atom is 0.264 e. The maximum atomic E-state index is 12.6. The predicted molar refractivity (Wildman–Crippen MR) is 124 cm³/mol. The van der Waals surface area contributed by atoms with E-state index < -0.39 is 10.0 Å². The first-order valence-corrected chi connectivity index (χ1v) is 12.3. The minimum atomic E-state index is -3.81. The van der Waals surface area contributed by atoms with E-state index in [1.165, 1.54) is 38.3 Å². The summed E-state index contributed by atoms with van der Waals surface area (Å²) in [5.41, 5.74) is 2.53. The number of hydrogen-bond donors (Lipinski definition) is 1. The minimum Gasteiger partial charge on any atom is -0.348 e. The Hall–Kier alpha value is -2.26. The average Bonchev–Trinajstić information content (AvgIpc) is 2.77. The molecule has 7 nitrogen and oxygen atoms in total. The van der Waals surface area contributed by atoms with Gasteiger partial charge in [0.2, 0.25) is 0 Å². The van der Waals surface area contributed by atoms with Crippen LogP contribution in [0, 0.1) is 11.8 Å². The van der Waals surface area contributed by atoms with Gasteiger partial charge in [-0.15, -0.1) is 0 Å². The van der Waals surface area contributed by atoms with Crippen molar-refractivity contribution in [3.8, 4) is 0 Å². The average molecular weight is 460 g/mol. The standard InChI is InChI=1S/C24H33N3O4S/c1-18-12-19(2)16-27(15-18)17-21-10-8-20(9-11-21)14-25-24(28)22-6-5-7-23(13-22)32(29,30)26(3)31-4/h5-11,13,18-19H,12,14-17H2,1-4H3,(H,25,28). The van der Waals surface area contributed by atoms with Crippen molar-refractivity contribution in [2.45, 2.75) is 38.3 Å². The lowest BCUT2D eigenvalue weighted by Crippen LogP contribution is -2.38. The molecule has 1 fully saturated rings. The zero-order valence-electron chi connectivity index (χ0n) is 19.2. The molecule has 0 aromatic heterocycles. The van der Waals surface area contributed by atoms with Crippen molar-refractivity contribution in [2.75, 3.05) is 27.2 Å². The van der Waals surface area contributed by atoms with Crippen molar-refractivity contribution in [1.29, 1.82) is 0 Å². The van der Waals surface area contributed by atoms with Crippen LogP contribution in [0.1, 0.15) is 41.8 Å². The zero-order valence-corrected chi connectivity index (χ0v) is 20.1. The van der Waals surface area contributed by atoms with Crippen molar-refractivity contribution in [3.63, 3.8) is 0 Å². The van der Waals surface area contributed by atoms with E-state index in [0.29, 0.717) is 6.54 Å². The second kappa shape index (κ2) is 10.6. The third-order valence-electron chi connectivity index (χ3n) is 5.82. The molecule has 0 saturated carbocycles. The normalized spacial score (nSPS) is 19.8. The smallest absolute Gasteiger partial charge is 0.264 e. The topological polar surface area (TPSA) is 78.9 Å². The number of nitrogens with zero attached hydrogens (tertiary/aromatic N) is 2. The minimum absolute atomic E-state index is 0.000187. The zero-order chi connectivity index (χ0) is 23.3. The first-order valence-electron chi connectivity index (χ1n) is 10.9. The fourth-order valence-electron chi connectivity index (χ4n) is 4.27. The van der Waals surface area contributed by atoms with Gasteiger partial charge in [0.15, 0.2) is 0 Å². The second-order valence-electron chi connectivity index (χ2n) is 8.76. The molecule has 1 saturated heterocycles. The van der Waals surface area contributed by atoms with Gasteiger partial charge < -0.3 is 5.32 Å². The molecule has 8 heteroatoms. The van der Waals surface area contributed by atoms with Crippen LogP contribution in [-0.2, 0) is 28.0 Å². The lowest BCUT2D eigenvalue weighted by atomic mass is 9.91. The summed E-state index contributed by atoms with van der Waals surface area (Å²) in [7, 11) is -1.23. The van der Waals surface area contributed by atoms with E-state index in [1.54, 1.807) is 12.1 Å². The Morgan fingerprint density at radius 2 is 1.72 bits per heavy atom. The molecule has 0 bridgehead atoms. The van der Waals surface area contributed by atoms with Gasteiger partial charge in [-0.3, -0.25) is 14.5 Å². The van der Waals surface area contributed by atoms with Crippen LogP contribution in [0.15, 0.2) is 53.4 Å². The number of carbonyl (C=O) groups is 1. The van der Waals surface area contributed by atoms with Gasteiger partial charge in [-0.2, -0.15) is 0 Å². The first-order chi connectivity index (χ1) is 15.2. The number of benzene rings is 2. The molecule has 0 aliphatic carbocycles. The molecule has 174 valence electrons. The van der Waals surface area contributed by atoms with E-state index in [1.807, 2.05) is 12.1 Å². The van der Waals surface area contributed by atoms with E-state index in [2.05, 4.69) is 36.2 Å². The summed E-state index contributed by atoms with van der Waals surface area (Å²) in [6.07, 6.45) is 1.30. The molecule has 1 aliphatic rings. The number of hydrogen-bond acceptors (Lipinski definition) is 5. The van der Waals surface area contributed by atoms with Crippen LogP contribution in [0.2, 0.25) is 0 Å². The van der Waals surface area contributed by atoms with Crippen molar-refractivity contribution in [3.05, 3.63) is 65.2 Å². The molecule has 32 heavy (non-hydrogen) atoms. The van der Waals surface area contributed by atoms with Gasteiger partial charge >= 0.3 is 0 Å². The Balaban J connectivity index is 1.58. The highest BCUT2D eigenvalue weighted by Gasteiger charge is 2.22. The summed E-state index contributed by atoms with van der Waals surface area (Å²) in [6.45, 7) is 8.21. The number of piperidine rings is 1. The van der Waals surface area contributed by atoms with Gasteiger partial charge in [-0.05, 0) is 47.6 Å². The summed E-state index contributed by atoms with van der Waals surface area (Å²) < 4.78 is 25.5. The fraction of sp³-hybridized carbons (Fsp3) is 0.458. The quantitative estimate of drug-likeness (QED) is 0.613. The van der Waals surface area contributed by atoms with Crippen LogP contribution in [0.4, 0.5) is 0 Å². The second-order valence-corrected chi connectivity index (χ2v) is 10.7. The number of sulfonamides is 1. The summed E-state index contributed by atoms with van der Waals surface area (Å²) in [5.74, 6) is 1.13. The van der Waals surface area contributed by atoms with Gasteiger partial charge in [0.1, 0.15) is 0 Å². The van der Waals surface area contributed by atoms with E-state index in [4.69, 9.17) is 4.84 Å². The summed E-state index contributed by atoms with van der Waals surface area (Å²) >= 11 is 0. The number of carbonyl (C=O) groups excluding carboxylic acids is 1. The van der Waals surface area contributed by atoms with Gasteiger partial charge in [0.25, 0.3) is 15.9 Å². The SMILES string of the molecule is CON(C)S(=O)(=O)c1cccc(C(=O)NCc2ccc(CN3CC(C)CC(C)C3)cc2)c1. The van der Waals surface area contributed by atoms with Crippen molar-refractivity contribution in [2.24, 2.45) is 11.8 Å². The van der Waals surface area contributed by atoms with Crippen LogP contribution < -0.4 is 5.32 Å². The number of amides is 1. The van der Waals surface area contributed by atoms with Gasteiger partial charge in [0, 0.05) is 38.8 Å². The number of hydroxylamine groups is 1. The first kappa shape index (κ1) is 24.4. The molecular weight excluding hydrogens is 426 g/mol. The lowest BCUT2D eigenvalue weighted by Gasteiger charge is -2.35. The van der Waals surface area contributed by atoms with Crippen LogP contribution in [0.3, 0.4) is 0 Å². The van der Waals surface area contributed by atoms with Crippen LogP contribution >= 0.6 is 0 Å². The van der Waals surface area contributed by atoms with Crippen LogP contribution in [-0.4, -0.2) is 50.9 Å². The Kier molecular flexibility index (Phi) is 8.05. The van der Waals surface area contributed by atoms with Crippen molar-refractivity contribution < 1.29 is 18.0 Å². The Morgan fingerprint density at radius 1 is 1.09 bits per heavy atom. The molecule has 2 atom stereocenters.